The lowest BCUT2D eigenvalue weighted by Crippen LogP contribution is -2.09. The van der Waals surface area contributed by atoms with Gasteiger partial charge < -0.3 is 4.74 Å². The van der Waals surface area contributed by atoms with Crippen LogP contribution in [-0.2, 0) is 4.74 Å². The zero-order valence-electron chi connectivity index (χ0n) is 7.26. The largest absolute Gasteiger partial charge is 0.363 e. The van der Waals surface area contributed by atoms with E-state index in [0.717, 1.165) is 18.4 Å². The molecule has 2 heteroatoms. The van der Waals surface area contributed by atoms with Crippen molar-refractivity contribution in [3.63, 3.8) is 0 Å². The minimum absolute atomic E-state index is 0.241. The Hall–Kier alpha value is -0.810. The van der Waals surface area contributed by atoms with Crippen molar-refractivity contribution in [3.05, 3.63) is 12.2 Å². The van der Waals surface area contributed by atoms with Gasteiger partial charge >= 0.3 is 0 Å². The van der Waals surface area contributed by atoms with Crippen LogP contribution in [0.4, 0.5) is 0 Å². The molecule has 0 aliphatic rings. The molecular weight excluding hydrogens is 138 g/mol. The first-order valence-corrected chi connectivity index (χ1v) is 3.86. The molecule has 0 aromatic carbocycles. The van der Waals surface area contributed by atoms with Crippen LogP contribution >= 0.6 is 0 Å². The maximum atomic E-state index is 8.49. The highest BCUT2D eigenvalue weighted by Crippen LogP contribution is 2.00. The Morgan fingerprint density at radius 2 is 2.36 bits per heavy atom. The quantitative estimate of drug-likeness (QED) is 0.567. The molecule has 1 atom stereocenters. The molecule has 11 heavy (non-hydrogen) atoms. The Labute approximate surface area is 68.5 Å². The molecule has 0 saturated heterocycles. The summed E-state index contributed by atoms with van der Waals surface area (Å²) >= 11 is 0. The molecule has 0 fully saturated rings. The molecule has 0 saturated carbocycles. The smallest absolute Gasteiger partial charge is 0.143 e. The van der Waals surface area contributed by atoms with E-state index in [9.17, 15) is 0 Å². The zero-order valence-corrected chi connectivity index (χ0v) is 7.26. The molecule has 0 N–H and O–H groups in total. The van der Waals surface area contributed by atoms with E-state index in [0.29, 0.717) is 6.61 Å². The van der Waals surface area contributed by atoms with Gasteiger partial charge in [-0.3, -0.25) is 0 Å². The summed E-state index contributed by atoms with van der Waals surface area (Å²) in [6.07, 6.45) is 1.36. The third-order valence-electron chi connectivity index (χ3n) is 1.36. The van der Waals surface area contributed by atoms with E-state index in [1.807, 2.05) is 13.8 Å². The fraction of sp³-hybridized carbons (Fsp3) is 0.667. The lowest BCUT2D eigenvalue weighted by Gasteiger charge is -2.06. The normalized spacial score (nSPS) is 12.1. The average Bonchev–Trinajstić information content (AvgIpc) is 1.98. The fourth-order valence-electron chi connectivity index (χ4n) is 0.622. The molecule has 0 spiro atoms. The molecule has 0 bridgehead atoms. The van der Waals surface area contributed by atoms with Gasteiger partial charge in [0, 0.05) is 0 Å². The molecule has 0 heterocycles. The van der Waals surface area contributed by atoms with Crippen molar-refractivity contribution in [3.8, 4) is 6.07 Å². The number of nitriles is 1. The summed E-state index contributed by atoms with van der Waals surface area (Å²) < 4.78 is 5.23. The number of hydrogen-bond donors (Lipinski definition) is 0. The van der Waals surface area contributed by atoms with E-state index >= 15 is 0 Å². The van der Waals surface area contributed by atoms with Crippen LogP contribution in [0.15, 0.2) is 12.2 Å². The third kappa shape index (κ3) is 5.63. The monoisotopic (exact) mass is 153 g/mol. The number of rotatable bonds is 5. The second-order valence-electron chi connectivity index (χ2n) is 2.60. The Bertz CT molecular complexity index is 157. The molecule has 0 radical (unpaired) electrons. The predicted octanol–water partition coefficient (Wildman–Crippen LogP) is 2.27. The van der Waals surface area contributed by atoms with Gasteiger partial charge in [0.25, 0.3) is 0 Å². The number of hydrogen-bond acceptors (Lipinski definition) is 2. The number of ether oxygens (including phenoxy) is 1. The second kappa shape index (κ2) is 5.94. The van der Waals surface area contributed by atoms with E-state index < -0.39 is 0 Å². The molecule has 0 aromatic heterocycles. The Balaban J connectivity index is 3.38. The van der Waals surface area contributed by atoms with E-state index in [-0.39, 0.29) is 6.10 Å². The summed E-state index contributed by atoms with van der Waals surface area (Å²) in [6.45, 7) is 8.25. The van der Waals surface area contributed by atoms with Gasteiger partial charge in [-0.1, -0.05) is 12.5 Å². The second-order valence-corrected chi connectivity index (χ2v) is 2.60. The van der Waals surface area contributed by atoms with Crippen LogP contribution in [0.1, 0.15) is 26.7 Å². The van der Waals surface area contributed by atoms with Gasteiger partial charge in [0.2, 0.25) is 0 Å². The van der Waals surface area contributed by atoms with Crippen LogP contribution in [0.25, 0.3) is 0 Å². The minimum atomic E-state index is -0.241. The molecule has 0 amide bonds. The van der Waals surface area contributed by atoms with Crippen LogP contribution in [0, 0.1) is 11.3 Å². The highest BCUT2D eigenvalue weighted by Gasteiger charge is 2.02. The molecule has 1 unspecified atom stereocenters. The first-order valence-electron chi connectivity index (χ1n) is 3.86. The van der Waals surface area contributed by atoms with Crippen LogP contribution in [0.2, 0.25) is 0 Å². The third-order valence-corrected chi connectivity index (χ3v) is 1.36. The van der Waals surface area contributed by atoms with Gasteiger partial charge in [-0.05, 0) is 19.8 Å². The van der Waals surface area contributed by atoms with Crippen molar-refractivity contribution in [1.82, 2.24) is 0 Å². The van der Waals surface area contributed by atoms with Gasteiger partial charge in [-0.15, -0.1) is 6.58 Å². The molecule has 0 aliphatic heterocycles. The summed E-state index contributed by atoms with van der Waals surface area (Å²) in [5.41, 5.74) is 1.10. The minimum Gasteiger partial charge on any atom is -0.363 e. The maximum Gasteiger partial charge on any atom is 0.143 e. The summed E-state index contributed by atoms with van der Waals surface area (Å²) in [5.74, 6) is 0. The average molecular weight is 153 g/mol. The van der Waals surface area contributed by atoms with Crippen LogP contribution in [0.3, 0.4) is 0 Å². The van der Waals surface area contributed by atoms with Crippen molar-refractivity contribution in [2.45, 2.75) is 32.8 Å². The molecule has 0 aromatic rings. The Morgan fingerprint density at radius 1 is 1.73 bits per heavy atom. The van der Waals surface area contributed by atoms with Gasteiger partial charge in [0.1, 0.15) is 6.10 Å². The lowest BCUT2D eigenvalue weighted by molar-refractivity contribution is 0.0902. The zero-order chi connectivity index (χ0) is 8.69. The maximum absolute atomic E-state index is 8.49. The molecule has 2 nitrogen and oxygen atoms in total. The summed E-state index contributed by atoms with van der Waals surface area (Å²) in [5, 5.41) is 8.49. The summed E-state index contributed by atoms with van der Waals surface area (Å²) in [6, 6.07) is 2.07. The molecular formula is C9H15NO. The highest BCUT2D eigenvalue weighted by molar-refractivity contribution is 4.88. The van der Waals surface area contributed by atoms with E-state index in [1.165, 1.54) is 0 Å². The van der Waals surface area contributed by atoms with Crippen molar-refractivity contribution in [2.75, 3.05) is 6.61 Å². The molecule has 0 aliphatic carbocycles. The highest BCUT2D eigenvalue weighted by atomic mass is 16.5. The Morgan fingerprint density at radius 3 is 2.73 bits per heavy atom. The van der Waals surface area contributed by atoms with E-state index in [4.69, 9.17) is 10.00 Å². The van der Waals surface area contributed by atoms with Gasteiger partial charge in [0.15, 0.2) is 0 Å². The first kappa shape index (κ1) is 10.2. The van der Waals surface area contributed by atoms with Crippen molar-refractivity contribution in [2.24, 2.45) is 0 Å². The van der Waals surface area contributed by atoms with Crippen molar-refractivity contribution < 1.29 is 4.74 Å². The van der Waals surface area contributed by atoms with E-state index in [2.05, 4.69) is 12.6 Å². The molecule has 0 rings (SSSR count). The topological polar surface area (TPSA) is 33.0 Å². The summed E-state index contributed by atoms with van der Waals surface area (Å²) in [4.78, 5) is 0. The Kier molecular flexibility index (Phi) is 5.50. The summed E-state index contributed by atoms with van der Waals surface area (Å²) in [7, 11) is 0. The first-order chi connectivity index (χ1) is 5.20. The van der Waals surface area contributed by atoms with Crippen molar-refractivity contribution >= 4 is 0 Å². The van der Waals surface area contributed by atoms with Crippen molar-refractivity contribution in [1.29, 1.82) is 5.26 Å². The van der Waals surface area contributed by atoms with Crippen LogP contribution in [0.5, 0.6) is 0 Å². The van der Waals surface area contributed by atoms with Crippen LogP contribution in [-0.4, -0.2) is 12.7 Å². The predicted molar refractivity (Wildman–Crippen MR) is 45.1 cm³/mol. The fourth-order valence-corrected chi connectivity index (χ4v) is 0.622. The van der Waals surface area contributed by atoms with E-state index in [1.54, 1.807) is 0 Å². The van der Waals surface area contributed by atoms with Crippen LogP contribution < -0.4 is 0 Å². The SMILES string of the molecule is C=C(C)CCOC(C#N)CC. The lowest BCUT2D eigenvalue weighted by atomic mass is 10.2. The van der Waals surface area contributed by atoms with Gasteiger partial charge in [0.05, 0.1) is 12.7 Å². The number of nitrogens with zero attached hydrogens (tertiary/aromatic N) is 1. The standard InChI is InChI=1S/C9H15NO/c1-4-9(7-10)11-6-5-8(2)3/h9H,2,4-6H2,1,3H3. The molecule has 62 valence electrons. The van der Waals surface area contributed by atoms with Gasteiger partial charge in [-0.25, -0.2) is 0 Å². The van der Waals surface area contributed by atoms with Gasteiger partial charge in [-0.2, -0.15) is 5.26 Å².